The molecule has 0 saturated heterocycles. The zero-order valence-corrected chi connectivity index (χ0v) is 27.2. The van der Waals surface area contributed by atoms with E-state index in [4.69, 9.17) is 9.47 Å². The van der Waals surface area contributed by atoms with E-state index in [1.807, 2.05) is 45.0 Å². The third-order valence-electron chi connectivity index (χ3n) is 6.98. The van der Waals surface area contributed by atoms with Gasteiger partial charge in [-0.2, -0.15) is 0 Å². The summed E-state index contributed by atoms with van der Waals surface area (Å²) in [6.45, 7) is 6.89. The van der Waals surface area contributed by atoms with E-state index in [1.165, 1.54) is 37.3 Å². The highest BCUT2D eigenvalue weighted by atomic mass is 79.9. The molecular formula is C31H38BrN3O6S. The number of hydrogen-bond donors (Lipinski definition) is 1. The SMILES string of the molecule is CC[C@@H](C)NC(=O)[C@@H](C)N(Cc1ccc(Br)cc1)C(=O)CN(c1ccc(OC)c(OC)c1)S(=O)(=O)c1ccc(C)cc1. The smallest absolute Gasteiger partial charge is 0.264 e. The minimum Gasteiger partial charge on any atom is -0.493 e. The molecule has 0 spiro atoms. The quantitative estimate of drug-likeness (QED) is 0.267. The second-order valence-electron chi connectivity index (χ2n) is 10.0. The Bertz CT molecular complexity index is 1480. The highest BCUT2D eigenvalue weighted by Gasteiger charge is 2.33. The molecule has 2 atom stereocenters. The number of hydrogen-bond acceptors (Lipinski definition) is 6. The summed E-state index contributed by atoms with van der Waals surface area (Å²) in [7, 11) is -1.28. The molecule has 0 aromatic heterocycles. The third-order valence-corrected chi connectivity index (χ3v) is 9.29. The van der Waals surface area contributed by atoms with E-state index in [0.29, 0.717) is 11.5 Å². The monoisotopic (exact) mass is 659 g/mol. The summed E-state index contributed by atoms with van der Waals surface area (Å²) >= 11 is 3.42. The summed E-state index contributed by atoms with van der Waals surface area (Å²) in [6.07, 6.45) is 0.723. The lowest BCUT2D eigenvalue weighted by molar-refractivity contribution is -0.139. The van der Waals surface area contributed by atoms with Crippen LogP contribution >= 0.6 is 15.9 Å². The summed E-state index contributed by atoms with van der Waals surface area (Å²) < 4.78 is 40.7. The van der Waals surface area contributed by atoms with Crippen molar-refractivity contribution in [3.63, 3.8) is 0 Å². The number of carbonyl (C=O) groups excluding carboxylic acids is 2. The number of anilines is 1. The lowest BCUT2D eigenvalue weighted by Gasteiger charge is -2.32. The molecule has 0 saturated carbocycles. The van der Waals surface area contributed by atoms with Crippen molar-refractivity contribution in [2.75, 3.05) is 25.1 Å². The van der Waals surface area contributed by atoms with Crippen LogP contribution in [0.4, 0.5) is 5.69 Å². The first kappa shape index (κ1) is 32.9. The van der Waals surface area contributed by atoms with E-state index in [9.17, 15) is 18.0 Å². The van der Waals surface area contributed by atoms with Crippen LogP contribution in [-0.2, 0) is 26.2 Å². The molecule has 9 nitrogen and oxygen atoms in total. The normalized spacial score (nSPS) is 12.6. The first-order valence-corrected chi connectivity index (χ1v) is 15.8. The van der Waals surface area contributed by atoms with Crippen molar-refractivity contribution in [3.05, 3.63) is 82.3 Å². The van der Waals surface area contributed by atoms with E-state index in [2.05, 4.69) is 21.2 Å². The lowest BCUT2D eigenvalue weighted by atomic mass is 10.1. The Morgan fingerprint density at radius 3 is 2.12 bits per heavy atom. The van der Waals surface area contributed by atoms with Crippen LogP contribution < -0.4 is 19.1 Å². The average molecular weight is 661 g/mol. The van der Waals surface area contributed by atoms with Gasteiger partial charge in [0, 0.05) is 23.1 Å². The summed E-state index contributed by atoms with van der Waals surface area (Å²) in [6, 6.07) is 17.5. The first-order valence-electron chi connectivity index (χ1n) is 13.6. The fraction of sp³-hybridized carbons (Fsp3) is 0.355. The van der Waals surface area contributed by atoms with Gasteiger partial charge in [-0.3, -0.25) is 13.9 Å². The topological polar surface area (TPSA) is 105 Å². The number of benzene rings is 3. The van der Waals surface area contributed by atoms with Crippen LogP contribution in [0.2, 0.25) is 0 Å². The van der Waals surface area contributed by atoms with Crippen molar-refractivity contribution in [2.24, 2.45) is 0 Å². The molecule has 3 aromatic carbocycles. The van der Waals surface area contributed by atoms with Gasteiger partial charge in [0.15, 0.2) is 11.5 Å². The lowest BCUT2D eigenvalue weighted by Crippen LogP contribution is -2.52. The largest absolute Gasteiger partial charge is 0.493 e. The molecule has 0 unspecified atom stereocenters. The van der Waals surface area contributed by atoms with Gasteiger partial charge in [0.25, 0.3) is 10.0 Å². The van der Waals surface area contributed by atoms with Gasteiger partial charge in [0.1, 0.15) is 12.6 Å². The highest BCUT2D eigenvalue weighted by molar-refractivity contribution is 9.10. The van der Waals surface area contributed by atoms with E-state index < -0.39 is 28.5 Å². The summed E-state index contributed by atoms with van der Waals surface area (Å²) in [5.74, 6) is -0.156. The fourth-order valence-electron chi connectivity index (χ4n) is 4.18. The Morgan fingerprint density at radius 2 is 1.55 bits per heavy atom. The van der Waals surface area contributed by atoms with Gasteiger partial charge < -0.3 is 19.7 Å². The molecule has 0 bridgehead atoms. The van der Waals surface area contributed by atoms with Crippen LogP contribution in [0.25, 0.3) is 0 Å². The van der Waals surface area contributed by atoms with Crippen molar-refractivity contribution in [1.29, 1.82) is 0 Å². The molecule has 0 aliphatic rings. The number of methoxy groups -OCH3 is 2. The van der Waals surface area contributed by atoms with Crippen LogP contribution in [-0.4, -0.2) is 58.0 Å². The van der Waals surface area contributed by atoms with Crippen molar-refractivity contribution in [2.45, 2.75) is 57.6 Å². The number of carbonyl (C=O) groups is 2. The second-order valence-corrected chi connectivity index (χ2v) is 12.8. The Kier molecular flexibility index (Phi) is 11.4. The Hall–Kier alpha value is -3.57. The molecule has 0 radical (unpaired) electrons. The van der Waals surface area contributed by atoms with Crippen molar-refractivity contribution in [1.82, 2.24) is 10.2 Å². The second kappa shape index (κ2) is 14.6. The summed E-state index contributed by atoms with van der Waals surface area (Å²) in [5, 5.41) is 2.93. The molecule has 0 fully saturated rings. The Balaban J connectivity index is 2.08. The molecule has 3 aromatic rings. The molecule has 0 heterocycles. The standard InChI is InChI=1S/C31H38BrN3O6S/c1-7-22(3)33-31(37)23(4)34(19-24-10-12-25(32)13-11-24)30(36)20-35(26-14-17-28(40-5)29(18-26)41-6)42(38,39)27-15-8-21(2)9-16-27/h8-18,22-23H,7,19-20H2,1-6H3,(H,33,37)/t22-,23-/m1/s1. The van der Waals surface area contributed by atoms with E-state index in [-0.39, 0.29) is 29.1 Å². The van der Waals surface area contributed by atoms with Gasteiger partial charge in [0.2, 0.25) is 11.8 Å². The van der Waals surface area contributed by atoms with Gasteiger partial charge in [-0.15, -0.1) is 0 Å². The third kappa shape index (κ3) is 8.04. The number of nitrogens with one attached hydrogen (secondary N) is 1. The van der Waals surface area contributed by atoms with E-state index >= 15 is 0 Å². The van der Waals surface area contributed by atoms with Crippen LogP contribution in [0.15, 0.2) is 76.1 Å². The number of ether oxygens (including phenoxy) is 2. The fourth-order valence-corrected chi connectivity index (χ4v) is 5.85. The number of aryl methyl sites for hydroxylation is 1. The number of sulfonamides is 1. The maximum absolute atomic E-state index is 14.1. The van der Waals surface area contributed by atoms with Gasteiger partial charge in [-0.05, 0) is 69.2 Å². The number of rotatable bonds is 13. The van der Waals surface area contributed by atoms with Crippen LogP contribution in [0.5, 0.6) is 11.5 Å². The van der Waals surface area contributed by atoms with E-state index in [1.54, 1.807) is 31.2 Å². The van der Waals surface area contributed by atoms with Gasteiger partial charge in [-0.1, -0.05) is 52.7 Å². The Labute approximate surface area is 257 Å². The molecular weight excluding hydrogens is 622 g/mol. The number of amides is 2. The predicted molar refractivity (Wildman–Crippen MR) is 167 cm³/mol. The number of halogens is 1. The minimum atomic E-state index is -4.21. The van der Waals surface area contributed by atoms with Gasteiger partial charge in [-0.25, -0.2) is 8.42 Å². The van der Waals surface area contributed by atoms with Gasteiger partial charge >= 0.3 is 0 Å². The minimum absolute atomic E-state index is 0.0257. The van der Waals surface area contributed by atoms with Crippen LogP contribution in [0, 0.1) is 6.92 Å². The average Bonchev–Trinajstić information content (AvgIpc) is 2.98. The Morgan fingerprint density at radius 1 is 0.929 bits per heavy atom. The molecule has 226 valence electrons. The molecule has 2 amide bonds. The van der Waals surface area contributed by atoms with Crippen molar-refractivity contribution in [3.8, 4) is 11.5 Å². The van der Waals surface area contributed by atoms with Crippen molar-refractivity contribution >= 4 is 43.5 Å². The number of nitrogens with zero attached hydrogens (tertiary/aromatic N) is 2. The molecule has 42 heavy (non-hydrogen) atoms. The van der Waals surface area contributed by atoms with Gasteiger partial charge in [0.05, 0.1) is 24.8 Å². The molecule has 11 heteroatoms. The van der Waals surface area contributed by atoms with Crippen molar-refractivity contribution < 1.29 is 27.5 Å². The maximum Gasteiger partial charge on any atom is 0.264 e. The summed E-state index contributed by atoms with van der Waals surface area (Å²) in [5.41, 5.74) is 1.89. The first-order chi connectivity index (χ1) is 19.9. The zero-order valence-electron chi connectivity index (χ0n) is 24.8. The van der Waals surface area contributed by atoms with Crippen LogP contribution in [0.3, 0.4) is 0 Å². The zero-order chi connectivity index (χ0) is 31.0. The van der Waals surface area contributed by atoms with E-state index in [0.717, 1.165) is 26.3 Å². The molecule has 1 N–H and O–H groups in total. The maximum atomic E-state index is 14.1. The molecule has 3 rings (SSSR count). The molecule has 0 aliphatic heterocycles. The summed E-state index contributed by atoms with van der Waals surface area (Å²) in [4.78, 5) is 28.7. The molecule has 0 aliphatic carbocycles. The van der Waals surface area contributed by atoms with Crippen LogP contribution in [0.1, 0.15) is 38.3 Å². The highest BCUT2D eigenvalue weighted by Crippen LogP contribution is 2.34. The predicted octanol–water partition coefficient (Wildman–Crippen LogP) is 5.30.